The molecule has 7 heteroatoms. The molecule has 29 heavy (non-hydrogen) atoms. The van der Waals surface area contributed by atoms with E-state index in [1.807, 2.05) is 0 Å². The molecule has 0 bridgehead atoms. The van der Waals surface area contributed by atoms with Crippen LogP contribution in [0.2, 0.25) is 0 Å². The Morgan fingerprint density at radius 2 is 2.10 bits per heavy atom. The lowest BCUT2D eigenvalue weighted by Gasteiger charge is -2.23. The fourth-order valence-electron chi connectivity index (χ4n) is 3.71. The molecule has 2 heterocycles. The van der Waals surface area contributed by atoms with Gasteiger partial charge in [0.1, 0.15) is 6.54 Å². The summed E-state index contributed by atoms with van der Waals surface area (Å²) in [6.45, 7) is 6.03. The van der Waals surface area contributed by atoms with Crippen molar-refractivity contribution in [3.63, 3.8) is 0 Å². The molecular weight excluding hydrogens is 366 g/mol. The van der Waals surface area contributed by atoms with Gasteiger partial charge < -0.3 is 25.2 Å². The van der Waals surface area contributed by atoms with Gasteiger partial charge in [-0.3, -0.25) is 4.79 Å². The Balaban J connectivity index is 1.65. The molecule has 2 fully saturated rings. The van der Waals surface area contributed by atoms with Gasteiger partial charge in [-0.05, 0) is 50.3 Å². The third-order valence-electron chi connectivity index (χ3n) is 5.59. The number of guanidine groups is 1. The molecule has 7 nitrogen and oxygen atoms in total. The lowest BCUT2D eigenvalue weighted by molar-refractivity contribution is -0.127. The Hall–Kier alpha value is -2.28. The first kappa shape index (κ1) is 21.4. The lowest BCUT2D eigenvalue weighted by Crippen LogP contribution is -2.42. The highest BCUT2D eigenvalue weighted by Gasteiger charge is 2.18. The quantitative estimate of drug-likeness (QED) is 0.541. The summed E-state index contributed by atoms with van der Waals surface area (Å²) < 4.78 is 5.70. The monoisotopic (exact) mass is 401 g/mol. The molecule has 2 atom stereocenters. The third-order valence-corrected chi connectivity index (χ3v) is 5.59. The second-order valence-corrected chi connectivity index (χ2v) is 8.12. The molecule has 2 saturated heterocycles. The van der Waals surface area contributed by atoms with Crippen molar-refractivity contribution < 1.29 is 9.53 Å². The van der Waals surface area contributed by atoms with Crippen LogP contribution in [0.25, 0.3) is 0 Å². The molecule has 2 unspecified atom stereocenters. The summed E-state index contributed by atoms with van der Waals surface area (Å²) in [6, 6.07) is 8.77. The van der Waals surface area contributed by atoms with Crippen LogP contribution in [-0.2, 0) is 9.53 Å². The molecule has 3 rings (SSSR count). The molecule has 2 aliphatic rings. The number of hydrogen-bond donors (Lipinski definition) is 2. The Labute approximate surface area is 174 Å². The maximum atomic E-state index is 12.0. The van der Waals surface area contributed by atoms with Gasteiger partial charge in [0.2, 0.25) is 5.91 Å². The normalized spacial score (nSPS) is 20.6. The highest BCUT2D eigenvalue weighted by atomic mass is 16.5. The van der Waals surface area contributed by atoms with Crippen molar-refractivity contribution in [1.29, 1.82) is 0 Å². The Bertz CT molecular complexity index is 694. The van der Waals surface area contributed by atoms with Crippen molar-refractivity contribution >= 4 is 17.6 Å². The van der Waals surface area contributed by atoms with Gasteiger partial charge in [-0.1, -0.05) is 12.1 Å². The number of nitrogens with one attached hydrogen (secondary N) is 2. The minimum absolute atomic E-state index is 0.0214. The summed E-state index contributed by atoms with van der Waals surface area (Å²) in [6.07, 6.45) is 4.90. The van der Waals surface area contributed by atoms with E-state index in [-0.39, 0.29) is 24.6 Å². The topological polar surface area (TPSA) is 69.2 Å². The van der Waals surface area contributed by atoms with Crippen molar-refractivity contribution in [2.45, 2.75) is 44.8 Å². The van der Waals surface area contributed by atoms with Crippen LogP contribution in [0.5, 0.6) is 0 Å². The van der Waals surface area contributed by atoms with E-state index in [2.05, 4.69) is 51.7 Å². The second-order valence-electron chi connectivity index (χ2n) is 8.12. The van der Waals surface area contributed by atoms with E-state index in [4.69, 9.17) is 4.74 Å². The minimum Gasteiger partial charge on any atom is -0.376 e. The Kier molecular flexibility index (Phi) is 7.75. The molecule has 1 amide bonds. The maximum absolute atomic E-state index is 12.0. The van der Waals surface area contributed by atoms with Gasteiger partial charge >= 0.3 is 0 Å². The number of nitrogens with zero attached hydrogens (tertiary/aromatic N) is 3. The molecule has 1 aromatic carbocycles. The number of carbonyl (C=O) groups is 1. The minimum atomic E-state index is -0.0214. The molecule has 160 valence electrons. The van der Waals surface area contributed by atoms with Crippen LogP contribution < -0.4 is 15.5 Å². The van der Waals surface area contributed by atoms with E-state index in [0.717, 1.165) is 32.5 Å². The SMILES string of the molecule is CC(NC(=NCC(=O)N(C)C)NCC1CCCO1)c1cccc(N2CCCC2)c1. The summed E-state index contributed by atoms with van der Waals surface area (Å²) in [5, 5.41) is 6.82. The molecule has 0 saturated carbocycles. The van der Waals surface area contributed by atoms with Crippen LogP contribution in [0, 0.1) is 0 Å². The Morgan fingerprint density at radius 1 is 1.31 bits per heavy atom. The van der Waals surface area contributed by atoms with Gasteiger partial charge in [0.25, 0.3) is 0 Å². The number of likely N-dealkylation sites (N-methyl/N-ethyl adjacent to an activating group) is 1. The molecule has 2 N–H and O–H groups in total. The summed E-state index contributed by atoms with van der Waals surface area (Å²) in [5.74, 6) is 0.627. The summed E-state index contributed by atoms with van der Waals surface area (Å²) in [4.78, 5) is 20.5. The predicted molar refractivity (Wildman–Crippen MR) is 117 cm³/mol. The van der Waals surface area contributed by atoms with Gasteiger partial charge in [0, 0.05) is 46.0 Å². The molecular formula is C22H35N5O2. The maximum Gasteiger partial charge on any atom is 0.243 e. The van der Waals surface area contributed by atoms with Gasteiger partial charge in [-0.15, -0.1) is 0 Å². The van der Waals surface area contributed by atoms with Gasteiger partial charge in [0.05, 0.1) is 12.1 Å². The second kappa shape index (κ2) is 10.5. The summed E-state index contributed by atoms with van der Waals surface area (Å²) in [7, 11) is 3.49. The van der Waals surface area contributed by atoms with Crippen molar-refractivity contribution in [3.05, 3.63) is 29.8 Å². The van der Waals surface area contributed by atoms with E-state index in [1.54, 1.807) is 19.0 Å². The number of hydrogen-bond acceptors (Lipinski definition) is 4. The largest absolute Gasteiger partial charge is 0.376 e. The van der Waals surface area contributed by atoms with Crippen molar-refractivity contribution in [1.82, 2.24) is 15.5 Å². The fraction of sp³-hybridized carbons (Fsp3) is 0.636. The first-order valence-corrected chi connectivity index (χ1v) is 10.7. The number of carbonyl (C=O) groups excluding carboxylic acids is 1. The zero-order valence-corrected chi connectivity index (χ0v) is 18.0. The summed E-state index contributed by atoms with van der Waals surface area (Å²) in [5.41, 5.74) is 2.49. The third kappa shape index (κ3) is 6.35. The standard InChI is InChI=1S/C22H35N5O2/c1-17(18-8-6-9-19(14-18)27-11-4-5-12-27)25-22(24-16-21(28)26(2)3)23-15-20-10-7-13-29-20/h6,8-9,14,17,20H,4-5,7,10-13,15-16H2,1-3H3,(H2,23,24,25). The number of ether oxygens (including phenoxy) is 1. The van der Waals surface area contributed by atoms with Crippen LogP contribution in [0.3, 0.4) is 0 Å². The van der Waals surface area contributed by atoms with Crippen molar-refractivity contribution in [2.75, 3.05) is 51.8 Å². The smallest absolute Gasteiger partial charge is 0.243 e. The van der Waals surface area contributed by atoms with Gasteiger partial charge in [0.15, 0.2) is 5.96 Å². The molecule has 0 spiro atoms. The van der Waals surface area contributed by atoms with E-state index in [1.165, 1.54) is 24.1 Å². The number of amides is 1. The highest BCUT2D eigenvalue weighted by molar-refractivity contribution is 5.85. The van der Waals surface area contributed by atoms with Crippen LogP contribution >= 0.6 is 0 Å². The average Bonchev–Trinajstić information content (AvgIpc) is 3.43. The number of rotatable bonds is 7. The zero-order chi connectivity index (χ0) is 20.6. The average molecular weight is 402 g/mol. The fourth-order valence-corrected chi connectivity index (χ4v) is 3.71. The number of benzene rings is 1. The number of anilines is 1. The molecule has 0 radical (unpaired) electrons. The van der Waals surface area contributed by atoms with E-state index >= 15 is 0 Å². The van der Waals surface area contributed by atoms with Crippen LogP contribution in [0.4, 0.5) is 5.69 Å². The van der Waals surface area contributed by atoms with Crippen molar-refractivity contribution in [3.8, 4) is 0 Å². The van der Waals surface area contributed by atoms with E-state index in [9.17, 15) is 4.79 Å². The molecule has 0 aliphatic carbocycles. The molecule has 1 aromatic rings. The van der Waals surface area contributed by atoms with E-state index in [0.29, 0.717) is 12.5 Å². The van der Waals surface area contributed by atoms with Gasteiger partial charge in [-0.25, -0.2) is 4.99 Å². The summed E-state index contributed by atoms with van der Waals surface area (Å²) >= 11 is 0. The van der Waals surface area contributed by atoms with Crippen LogP contribution in [0.1, 0.15) is 44.2 Å². The lowest BCUT2D eigenvalue weighted by atomic mass is 10.1. The zero-order valence-electron chi connectivity index (χ0n) is 18.0. The Morgan fingerprint density at radius 3 is 2.79 bits per heavy atom. The molecule has 0 aromatic heterocycles. The van der Waals surface area contributed by atoms with Crippen LogP contribution in [0.15, 0.2) is 29.3 Å². The first-order chi connectivity index (χ1) is 14.0. The van der Waals surface area contributed by atoms with Gasteiger partial charge in [-0.2, -0.15) is 0 Å². The molecule has 2 aliphatic heterocycles. The van der Waals surface area contributed by atoms with Crippen molar-refractivity contribution in [2.24, 2.45) is 4.99 Å². The highest BCUT2D eigenvalue weighted by Crippen LogP contribution is 2.24. The first-order valence-electron chi connectivity index (χ1n) is 10.7. The predicted octanol–water partition coefficient (Wildman–Crippen LogP) is 2.15. The van der Waals surface area contributed by atoms with E-state index < -0.39 is 0 Å². The number of aliphatic imine (C=N–C) groups is 1. The van der Waals surface area contributed by atoms with Crippen LogP contribution in [-0.4, -0.2) is 69.8 Å².